The van der Waals surface area contributed by atoms with Crippen molar-refractivity contribution in [2.75, 3.05) is 14.2 Å². The summed E-state index contributed by atoms with van der Waals surface area (Å²) in [7, 11) is 3.00. The van der Waals surface area contributed by atoms with Crippen LogP contribution in [-0.4, -0.2) is 24.1 Å². The first kappa shape index (κ1) is 15.7. The highest BCUT2D eigenvalue weighted by molar-refractivity contribution is 6.04. The molecule has 1 heterocycles. The van der Waals surface area contributed by atoms with E-state index in [-0.39, 0.29) is 5.69 Å². The van der Waals surface area contributed by atoms with Gasteiger partial charge in [0.25, 0.3) is 5.69 Å². The van der Waals surface area contributed by atoms with Gasteiger partial charge >= 0.3 is 0 Å². The lowest BCUT2D eigenvalue weighted by atomic mass is 9.95. The number of ether oxygens (including phenoxy) is 2. The fourth-order valence-corrected chi connectivity index (χ4v) is 2.83. The molecule has 2 aromatic carbocycles. The van der Waals surface area contributed by atoms with Gasteiger partial charge in [0.2, 0.25) is 5.88 Å². The smallest absolute Gasteiger partial charge is 0.281 e. The molecule has 1 aromatic heterocycles. The van der Waals surface area contributed by atoms with Crippen LogP contribution >= 0.6 is 0 Å². The minimum Gasteiger partial charge on any atom is -0.494 e. The van der Waals surface area contributed by atoms with E-state index in [1.807, 2.05) is 37.3 Å². The van der Waals surface area contributed by atoms with E-state index >= 15 is 0 Å². The predicted molar refractivity (Wildman–Crippen MR) is 91.7 cm³/mol. The van der Waals surface area contributed by atoms with Gasteiger partial charge in [-0.2, -0.15) is 0 Å². The molecule has 0 radical (unpaired) electrons. The van der Waals surface area contributed by atoms with Gasteiger partial charge in [-0.05, 0) is 18.1 Å². The van der Waals surface area contributed by atoms with Gasteiger partial charge in [0.1, 0.15) is 5.52 Å². The molecule has 0 bridgehead atoms. The lowest BCUT2D eigenvalue weighted by Crippen LogP contribution is -2.00. The van der Waals surface area contributed by atoms with Crippen LogP contribution in [0, 0.1) is 17.0 Å². The Morgan fingerprint density at radius 2 is 1.79 bits per heavy atom. The summed E-state index contributed by atoms with van der Waals surface area (Å²) in [5.41, 5.74) is 2.65. The molecule has 0 atom stereocenters. The van der Waals surface area contributed by atoms with Crippen LogP contribution in [-0.2, 0) is 0 Å². The quantitative estimate of drug-likeness (QED) is 0.533. The highest BCUT2D eigenvalue weighted by Gasteiger charge is 2.24. The van der Waals surface area contributed by atoms with Crippen molar-refractivity contribution in [1.29, 1.82) is 0 Å². The number of nitro groups is 1. The Labute approximate surface area is 138 Å². The number of hydrogen-bond acceptors (Lipinski definition) is 5. The number of hydrogen-bond donors (Lipinski definition) is 0. The van der Waals surface area contributed by atoms with Gasteiger partial charge in [-0.1, -0.05) is 30.3 Å². The van der Waals surface area contributed by atoms with Crippen LogP contribution in [0.5, 0.6) is 11.6 Å². The largest absolute Gasteiger partial charge is 0.494 e. The lowest BCUT2D eigenvalue weighted by molar-refractivity contribution is -0.384. The number of fused-ring (bicyclic) bond motifs is 1. The standard InChI is InChI=1S/C18H16N2O4/c1-11-9-15(24-3)19-18-14(23-2)10-13(20(21)22)17(16(11)18)12-7-5-4-6-8-12/h4-10H,1-3H3. The van der Waals surface area contributed by atoms with Crippen LogP contribution < -0.4 is 9.47 Å². The van der Waals surface area contributed by atoms with E-state index in [0.717, 1.165) is 11.1 Å². The summed E-state index contributed by atoms with van der Waals surface area (Å²) in [6.45, 7) is 1.88. The fraction of sp³-hybridized carbons (Fsp3) is 0.167. The highest BCUT2D eigenvalue weighted by atomic mass is 16.6. The fourth-order valence-electron chi connectivity index (χ4n) is 2.83. The second-order valence-electron chi connectivity index (χ2n) is 5.30. The zero-order chi connectivity index (χ0) is 17.3. The third kappa shape index (κ3) is 2.52. The van der Waals surface area contributed by atoms with E-state index in [2.05, 4.69) is 4.98 Å². The summed E-state index contributed by atoms with van der Waals surface area (Å²) in [6.07, 6.45) is 0. The van der Waals surface area contributed by atoms with Gasteiger partial charge in [0, 0.05) is 11.5 Å². The molecule has 0 aliphatic rings. The van der Waals surface area contributed by atoms with Crippen LogP contribution in [0.15, 0.2) is 42.5 Å². The minimum absolute atomic E-state index is 0.0133. The number of aromatic nitrogens is 1. The van der Waals surface area contributed by atoms with Crippen molar-refractivity contribution in [3.8, 4) is 22.8 Å². The van der Waals surface area contributed by atoms with E-state index < -0.39 is 4.92 Å². The number of benzene rings is 2. The van der Waals surface area contributed by atoms with Gasteiger partial charge in [0.15, 0.2) is 5.75 Å². The molecule has 0 unspecified atom stereocenters. The second kappa shape index (κ2) is 6.16. The van der Waals surface area contributed by atoms with Gasteiger partial charge in [-0.15, -0.1) is 0 Å². The molecule has 3 aromatic rings. The van der Waals surface area contributed by atoms with E-state index in [4.69, 9.17) is 9.47 Å². The SMILES string of the molecule is COc1cc(C)c2c(-c3ccccc3)c([N+](=O)[O-])cc(OC)c2n1. The van der Waals surface area contributed by atoms with Crippen LogP contribution in [0.1, 0.15) is 5.56 Å². The van der Waals surface area contributed by atoms with Crippen LogP contribution in [0.4, 0.5) is 5.69 Å². The Kier molecular flexibility index (Phi) is 4.04. The molecule has 0 saturated carbocycles. The molecular weight excluding hydrogens is 308 g/mol. The van der Waals surface area contributed by atoms with Gasteiger partial charge in [-0.25, -0.2) is 4.98 Å². The molecule has 6 heteroatoms. The Morgan fingerprint density at radius 1 is 1.08 bits per heavy atom. The predicted octanol–water partition coefficient (Wildman–Crippen LogP) is 4.14. The molecule has 0 aliphatic heterocycles. The first-order chi connectivity index (χ1) is 11.6. The maximum absolute atomic E-state index is 11.6. The maximum Gasteiger partial charge on any atom is 0.281 e. The van der Waals surface area contributed by atoms with E-state index in [9.17, 15) is 10.1 Å². The summed E-state index contributed by atoms with van der Waals surface area (Å²) in [5.74, 6) is 0.782. The second-order valence-corrected chi connectivity index (χ2v) is 5.30. The van der Waals surface area contributed by atoms with Crippen molar-refractivity contribution >= 4 is 16.6 Å². The maximum atomic E-state index is 11.6. The molecule has 0 spiro atoms. The average Bonchev–Trinajstić information content (AvgIpc) is 2.60. The topological polar surface area (TPSA) is 74.5 Å². The Morgan fingerprint density at radius 3 is 2.38 bits per heavy atom. The van der Waals surface area contributed by atoms with Crippen LogP contribution in [0.25, 0.3) is 22.0 Å². The summed E-state index contributed by atoms with van der Waals surface area (Å²) in [6, 6.07) is 12.4. The van der Waals surface area contributed by atoms with Crippen molar-refractivity contribution in [2.24, 2.45) is 0 Å². The number of aryl methyl sites for hydroxylation is 1. The van der Waals surface area contributed by atoms with Crippen LogP contribution in [0.2, 0.25) is 0 Å². The van der Waals surface area contributed by atoms with Crippen molar-refractivity contribution < 1.29 is 14.4 Å². The van der Waals surface area contributed by atoms with Crippen LogP contribution in [0.3, 0.4) is 0 Å². The van der Waals surface area contributed by atoms with Gasteiger partial charge in [-0.3, -0.25) is 10.1 Å². The van der Waals surface area contributed by atoms with Crippen molar-refractivity contribution in [1.82, 2.24) is 4.98 Å². The zero-order valence-electron chi connectivity index (χ0n) is 13.6. The normalized spacial score (nSPS) is 10.6. The molecule has 0 fully saturated rings. The van der Waals surface area contributed by atoms with E-state index in [1.165, 1.54) is 20.3 Å². The van der Waals surface area contributed by atoms with Gasteiger partial charge in [0.05, 0.1) is 30.8 Å². The molecule has 0 aliphatic carbocycles. The summed E-state index contributed by atoms with van der Waals surface area (Å²) in [5, 5.41) is 12.3. The number of nitrogens with zero attached hydrogens (tertiary/aromatic N) is 2. The molecule has 6 nitrogen and oxygen atoms in total. The van der Waals surface area contributed by atoms with Crippen molar-refractivity contribution in [3.63, 3.8) is 0 Å². The molecule has 0 saturated heterocycles. The Bertz CT molecular complexity index is 923. The third-order valence-electron chi connectivity index (χ3n) is 3.89. The summed E-state index contributed by atoms with van der Waals surface area (Å²) in [4.78, 5) is 15.7. The van der Waals surface area contributed by atoms with Gasteiger partial charge < -0.3 is 9.47 Å². The first-order valence-corrected chi connectivity index (χ1v) is 7.33. The average molecular weight is 324 g/mol. The monoisotopic (exact) mass is 324 g/mol. The number of pyridine rings is 1. The Hall–Kier alpha value is -3.15. The minimum atomic E-state index is -0.395. The lowest BCUT2D eigenvalue weighted by Gasteiger charge is -2.14. The summed E-state index contributed by atoms with van der Waals surface area (Å²) >= 11 is 0. The number of rotatable bonds is 4. The third-order valence-corrected chi connectivity index (χ3v) is 3.89. The molecule has 0 amide bonds. The Balaban J connectivity index is 2.52. The molecule has 3 rings (SSSR count). The number of nitro benzene ring substituents is 1. The summed E-state index contributed by atoms with van der Waals surface area (Å²) < 4.78 is 10.6. The molecule has 24 heavy (non-hydrogen) atoms. The van der Waals surface area contributed by atoms with E-state index in [1.54, 1.807) is 6.07 Å². The molecule has 0 N–H and O–H groups in total. The molecule has 122 valence electrons. The van der Waals surface area contributed by atoms with Crippen molar-refractivity contribution in [2.45, 2.75) is 6.92 Å². The molecular formula is C18H16N2O4. The highest BCUT2D eigenvalue weighted by Crippen LogP contribution is 2.43. The first-order valence-electron chi connectivity index (χ1n) is 7.33. The van der Waals surface area contributed by atoms with Crippen molar-refractivity contribution in [3.05, 3.63) is 58.1 Å². The zero-order valence-corrected chi connectivity index (χ0v) is 13.6. The van der Waals surface area contributed by atoms with E-state index in [0.29, 0.717) is 28.1 Å². The number of methoxy groups -OCH3 is 2.